The maximum Gasteiger partial charge on any atom is 0.330 e. The summed E-state index contributed by atoms with van der Waals surface area (Å²) in [6.07, 6.45) is 10.4. The van der Waals surface area contributed by atoms with Gasteiger partial charge in [-0.2, -0.15) is 0 Å². The number of aromatic nitrogens is 2. The van der Waals surface area contributed by atoms with Gasteiger partial charge in [-0.05, 0) is 69.9 Å². The highest BCUT2D eigenvalue weighted by atomic mass is 32.1. The zero-order valence-corrected chi connectivity index (χ0v) is 34.9. The predicted molar refractivity (Wildman–Crippen MR) is 223 cm³/mol. The Kier molecular flexibility index (Phi) is 12.5. The molecule has 1 aromatic carbocycles. The Bertz CT molecular complexity index is 2030. The number of amides is 4. The molecule has 6 atom stereocenters. The van der Waals surface area contributed by atoms with E-state index in [9.17, 15) is 24.3 Å². The molecule has 4 aliphatic rings. The van der Waals surface area contributed by atoms with E-state index in [4.69, 9.17) is 19.4 Å². The van der Waals surface area contributed by atoms with Gasteiger partial charge in [-0.25, -0.2) is 19.6 Å². The summed E-state index contributed by atoms with van der Waals surface area (Å²) in [5.41, 5.74) is 0.414. The quantitative estimate of drug-likeness (QED) is 0.126. The summed E-state index contributed by atoms with van der Waals surface area (Å²) >= 11 is 1.47. The Balaban J connectivity index is 1.19. The monoisotopic (exact) mass is 815 g/mol. The van der Waals surface area contributed by atoms with Gasteiger partial charge < -0.3 is 40.7 Å². The summed E-state index contributed by atoms with van der Waals surface area (Å²) in [7, 11) is 1.59. The van der Waals surface area contributed by atoms with Crippen LogP contribution >= 0.6 is 11.3 Å². The smallest absolute Gasteiger partial charge is 0.330 e. The van der Waals surface area contributed by atoms with Gasteiger partial charge in [0, 0.05) is 47.3 Å². The van der Waals surface area contributed by atoms with E-state index in [1.165, 1.54) is 29.1 Å². The normalized spacial score (nSPS) is 26.2. The molecule has 4 amide bonds. The van der Waals surface area contributed by atoms with Gasteiger partial charge in [-0.15, -0.1) is 11.3 Å². The number of nitrogens with zero attached hydrogens (tertiary/aromatic N) is 3. The highest BCUT2D eigenvalue weighted by molar-refractivity contribution is 7.14. The van der Waals surface area contributed by atoms with Gasteiger partial charge >= 0.3 is 12.0 Å². The number of nitrogens with one attached hydrogen (secondary N) is 4. The number of carboxylic acids is 1. The number of thiazole rings is 1. The number of fused-ring (bicyclic) bond motifs is 3. The first-order chi connectivity index (χ1) is 27.8. The lowest BCUT2D eigenvalue weighted by atomic mass is 9.98. The first-order valence-electron chi connectivity index (χ1n) is 20.8. The van der Waals surface area contributed by atoms with Crippen molar-refractivity contribution in [2.24, 2.45) is 17.8 Å². The van der Waals surface area contributed by atoms with Crippen molar-refractivity contribution in [2.75, 3.05) is 19.0 Å². The van der Waals surface area contributed by atoms with Gasteiger partial charge in [-0.1, -0.05) is 51.7 Å². The van der Waals surface area contributed by atoms with Crippen LogP contribution in [-0.2, 0) is 14.4 Å². The number of anilines is 1. The lowest BCUT2D eigenvalue weighted by molar-refractivity contribution is -0.145. The second kappa shape index (κ2) is 17.5. The topological polar surface area (TPSA) is 184 Å². The number of benzene rings is 1. The first-order valence-corrected chi connectivity index (χ1v) is 21.7. The Hall–Kier alpha value is -4.92. The lowest BCUT2D eigenvalue weighted by Gasteiger charge is -2.30. The molecule has 15 heteroatoms. The molecule has 58 heavy (non-hydrogen) atoms. The van der Waals surface area contributed by atoms with Gasteiger partial charge in [0.25, 0.3) is 0 Å². The fourth-order valence-electron chi connectivity index (χ4n) is 8.14. The zero-order valence-electron chi connectivity index (χ0n) is 34.1. The standard InChI is InChI=1S/C43H57N7O7S/c1-24(2)32(17-26-13-14-26)47-41(55)46-31-12-10-8-6-7-9-11-27-21-43(27,40(53)54)49-38(51)36-19-29(22-50(36)39(31)52)57-37-20-34(35-23-58-42(48-35)44-25(3)4)45-33-18-28(56-5)15-16-30(33)37/h9,11,15-16,18,20,23-27,29,31-32,36H,6-8,10,12-14,17,19,21-22H2,1-5H3,(H,44,48)(H,49,51)(H,53,54)(H2,46,47,55)/b11-9-/t27?,29-,31-,32-,36+,43-/m1/s1. The summed E-state index contributed by atoms with van der Waals surface area (Å²) in [4.78, 5) is 66.4. The molecule has 7 rings (SSSR count). The molecule has 2 aromatic heterocycles. The number of rotatable bonds is 12. The molecule has 3 aromatic rings. The third kappa shape index (κ3) is 9.51. The second-order valence-electron chi connectivity index (χ2n) is 17.1. The van der Waals surface area contributed by atoms with Crippen LogP contribution < -0.4 is 30.7 Å². The largest absolute Gasteiger partial charge is 0.497 e. The molecule has 3 fully saturated rings. The SMILES string of the molecule is COc1ccc2c(O[C@@H]3C[C@H]4C(=O)N[C@]5(C(=O)O)CC5/C=C\CCCCC[C@@H](NC(=O)N[C@H](CC5CC5)C(C)C)C(=O)N4C3)cc(-c3csc(NC(C)C)n3)nc2c1. The van der Waals surface area contributed by atoms with Crippen molar-refractivity contribution >= 4 is 51.2 Å². The number of allylic oxidation sites excluding steroid dienone is 1. The number of aliphatic carboxylic acids is 1. The fraction of sp³-hybridized carbons (Fsp3) is 0.581. The molecule has 14 nitrogen and oxygen atoms in total. The van der Waals surface area contributed by atoms with Crippen LogP contribution in [0.2, 0.25) is 0 Å². The van der Waals surface area contributed by atoms with Gasteiger partial charge in [0.15, 0.2) is 5.13 Å². The van der Waals surface area contributed by atoms with E-state index in [-0.39, 0.29) is 43.3 Å². The molecule has 1 unspecified atom stereocenters. The number of carboxylic acid groups (broad SMARTS) is 1. The highest BCUT2D eigenvalue weighted by Crippen LogP contribution is 2.46. The molecule has 0 spiro atoms. The van der Waals surface area contributed by atoms with Crippen molar-refractivity contribution in [1.82, 2.24) is 30.8 Å². The van der Waals surface area contributed by atoms with Crippen LogP contribution in [0.4, 0.5) is 9.93 Å². The van der Waals surface area contributed by atoms with E-state index in [1.807, 2.05) is 55.6 Å². The van der Waals surface area contributed by atoms with Crippen LogP contribution in [0.3, 0.4) is 0 Å². The molecular formula is C43H57N7O7S. The average Bonchev–Trinajstić information content (AvgIpc) is 4.03. The van der Waals surface area contributed by atoms with Crippen LogP contribution in [0.25, 0.3) is 22.3 Å². The zero-order chi connectivity index (χ0) is 41.1. The van der Waals surface area contributed by atoms with E-state index in [2.05, 4.69) is 35.1 Å². The maximum atomic E-state index is 14.7. The minimum absolute atomic E-state index is 0.0270. The Morgan fingerprint density at radius 1 is 1.07 bits per heavy atom. The summed E-state index contributed by atoms with van der Waals surface area (Å²) in [6, 6.07) is 5.16. The van der Waals surface area contributed by atoms with E-state index >= 15 is 0 Å². The van der Waals surface area contributed by atoms with Gasteiger partial charge in [0.1, 0.15) is 40.9 Å². The Morgan fingerprint density at radius 3 is 2.60 bits per heavy atom. The third-order valence-corrected chi connectivity index (χ3v) is 12.6. The van der Waals surface area contributed by atoms with Crippen LogP contribution in [0.15, 0.2) is 41.8 Å². The minimum atomic E-state index is -1.45. The first kappa shape index (κ1) is 41.2. The highest BCUT2D eigenvalue weighted by Gasteiger charge is 2.61. The lowest BCUT2D eigenvalue weighted by Crippen LogP contribution is -2.57. The molecule has 2 aliphatic heterocycles. The molecule has 312 valence electrons. The fourth-order valence-corrected chi connectivity index (χ4v) is 8.99. The molecule has 0 bridgehead atoms. The van der Waals surface area contributed by atoms with Crippen molar-refractivity contribution in [1.29, 1.82) is 0 Å². The van der Waals surface area contributed by atoms with Crippen LogP contribution in [-0.4, -0.2) is 93.3 Å². The molecule has 1 saturated heterocycles. The van der Waals surface area contributed by atoms with Crippen molar-refractivity contribution in [3.63, 3.8) is 0 Å². The van der Waals surface area contributed by atoms with Crippen LogP contribution in [0.1, 0.15) is 91.9 Å². The van der Waals surface area contributed by atoms with Crippen molar-refractivity contribution < 1.29 is 33.8 Å². The number of methoxy groups -OCH3 is 1. The van der Waals surface area contributed by atoms with E-state index in [0.717, 1.165) is 30.8 Å². The van der Waals surface area contributed by atoms with Crippen molar-refractivity contribution in [3.05, 3.63) is 41.8 Å². The Labute approximate surface area is 343 Å². The minimum Gasteiger partial charge on any atom is -0.497 e. The van der Waals surface area contributed by atoms with Crippen molar-refractivity contribution in [2.45, 2.75) is 128 Å². The average molecular weight is 816 g/mol. The Morgan fingerprint density at radius 2 is 1.88 bits per heavy atom. The maximum absolute atomic E-state index is 14.7. The van der Waals surface area contributed by atoms with E-state index in [1.54, 1.807) is 7.11 Å². The summed E-state index contributed by atoms with van der Waals surface area (Å²) in [5.74, 6) is -0.461. The number of pyridine rings is 1. The number of hydrogen-bond acceptors (Lipinski definition) is 10. The molecule has 4 heterocycles. The number of hydrogen-bond donors (Lipinski definition) is 5. The van der Waals surface area contributed by atoms with Gasteiger partial charge in [0.05, 0.1) is 24.9 Å². The molecule has 5 N–H and O–H groups in total. The third-order valence-electron chi connectivity index (χ3n) is 11.8. The predicted octanol–water partition coefficient (Wildman–Crippen LogP) is 6.51. The summed E-state index contributed by atoms with van der Waals surface area (Å²) in [5, 5.41) is 26.0. The number of ether oxygens (including phenoxy) is 2. The molecule has 0 radical (unpaired) electrons. The van der Waals surface area contributed by atoms with Gasteiger partial charge in [-0.3, -0.25) is 9.59 Å². The molecule has 2 saturated carbocycles. The van der Waals surface area contributed by atoms with E-state index in [0.29, 0.717) is 52.5 Å². The molecule has 2 aliphatic carbocycles. The number of urea groups is 1. The number of carbonyl (C=O) groups is 4. The molecular weight excluding hydrogens is 759 g/mol. The number of carbonyl (C=O) groups excluding carboxylic acids is 3. The summed E-state index contributed by atoms with van der Waals surface area (Å²) in [6.45, 7) is 8.30. The van der Waals surface area contributed by atoms with Crippen LogP contribution in [0.5, 0.6) is 11.5 Å². The van der Waals surface area contributed by atoms with E-state index < -0.39 is 47.5 Å². The second-order valence-corrected chi connectivity index (χ2v) is 17.9. The summed E-state index contributed by atoms with van der Waals surface area (Å²) < 4.78 is 12.3. The van der Waals surface area contributed by atoms with Crippen molar-refractivity contribution in [3.8, 4) is 22.9 Å². The van der Waals surface area contributed by atoms with Gasteiger partial charge in [0.2, 0.25) is 11.8 Å². The van der Waals surface area contributed by atoms with Crippen LogP contribution in [0, 0.1) is 17.8 Å².